The lowest BCUT2D eigenvalue weighted by Crippen LogP contribution is -2.36. The molecule has 78 valence electrons. The summed E-state index contributed by atoms with van der Waals surface area (Å²) in [6.45, 7) is 6.83. The molecule has 0 aromatic carbocycles. The molecule has 13 heavy (non-hydrogen) atoms. The van der Waals surface area contributed by atoms with Crippen LogP contribution in [0.4, 0.5) is 0 Å². The van der Waals surface area contributed by atoms with Crippen LogP contribution in [0.5, 0.6) is 0 Å². The molecular formula is C11H24N2. The summed E-state index contributed by atoms with van der Waals surface area (Å²) in [6.07, 6.45) is 5.64. The van der Waals surface area contributed by atoms with Gasteiger partial charge in [-0.1, -0.05) is 13.3 Å². The van der Waals surface area contributed by atoms with Crippen molar-refractivity contribution in [3.63, 3.8) is 0 Å². The molecule has 1 fully saturated rings. The molecule has 0 saturated heterocycles. The van der Waals surface area contributed by atoms with E-state index in [1.54, 1.807) is 0 Å². The van der Waals surface area contributed by atoms with Crippen molar-refractivity contribution in [1.29, 1.82) is 0 Å². The summed E-state index contributed by atoms with van der Waals surface area (Å²) < 4.78 is 0. The lowest BCUT2D eigenvalue weighted by molar-refractivity contribution is 0.407. The number of hydrogen-bond donors (Lipinski definition) is 2. The van der Waals surface area contributed by atoms with Gasteiger partial charge < -0.3 is 10.6 Å². The second-order valence-corrected chi connectivity index (χ2v) is 4.57. The number of rotatable bonds is 7. The van der Waals surface area contributed by atoms with Crippen molar-refractivity contribution in [2.45, 2.75) is 45.6 Å². The molecular weight excluding hydrogens is 160 g/mol. The Morgan fingerprint density at radius 2 is 2.08 bits per heavy atom. The van der Waals surface area contributed by atoms with Gasteiger partial charge in [0.1, 0.15) is 0 Å². The summed E-state index contributed by atoms with van der Waals surface area (Å²) in [7, 11) is 2.02. The maximum Gasteiger partial charge on any atom is 0.0161 e. The summed E-state index contributed by atoms with van der Waals surface area (Å²) in [5, 5.41) is 6.80. The van der Waals surface area contributed by atoms with E-state index in [0.717, 1.165) is 6.54 Å². The van der Waals surface area contributed by atoms with Gasteiger partial charge in [0.05, 0.1) is 0 Å². The predicted molar refractivity (Wildman–Crippen MR) is 58.0 cm³/mol. The fourth-order valence-electron chi connectivity index (χ4n) is 1.88. The van der Waals surface area contributed by atoms with Crippen LogP contribution < -0.4 is 10.6 Å². The van der Waals surface area contributed by atoms with E-state index in [4.69, 9.17) is 0 Å². The largest absolute Gasteiger partial charge is 0.316 e. The molecule has 0 heterocycles. The van der Waals surface area contributed by atoms with Crippen LogP contribution in [-0.2, 0) is 0 Å². The third kappa shape index (κ3) is 3.65. The summed E-state index contributed by atoms with van der Waals surface area (Å²) in [4.78, 5) is 0. The van der Waals surface area contributed by atoms with Crippen molar-refractivity contribution in [3.8, 4) is 0 Å². The summed E-state index contributed by atoms with van der Waals surface area (Å²) in [6, 6.07) is 0.595. The van der Waals surface area contributed by atoms with Crippen LogP contribution in [0.25, 0.3) is 0 Å². The van der Waals surface area contributed by atoms with Crippen LogP contribution in [0.1, 0.15) is 39.5 Å². The minimum atomic E-state index is 0.595. The Balaban J connectivity index is 2.05. The maximum atomic E-state index is 3.56. The molecule has 1 rings (SSSR count). The van der Waals surface area contributed by atoms with Crippen LogP contribution >= 0.6 is 0 Å². The monoisotopic (exact) mass is 184 g/mol. The van der Waals surface area contributed by atoms with Gasteiger partial charge in [0.15, 0.2) is 0 Å². The second-order valence-electron chi connectivity index (χ2n) is 4.57. The Morgan fingerprint density at radius 1 is 1.38 bits per heavy atom. The molecule has 1 aliphatic carbocycles. The lowest BCUT2D eigenvalue weighted by Gasteiger charge is -2.17. The second kappa shape index (κ2) is 4.97. The van der Waals surface area contributed by atoms with Crippen LogP contribution in [-0.4, -0.2) is 26.2 Å². The van der Waals surface area contributed by atoms with Crippen LogP contribution in [0.15, 0.2) is 0 Å². The molecule has 1 saturated carbocycles. The molecule has 0 amide bonds. The quantitative estimate of drug-likeness (QED) is 0.630. The van der Waals surface area contributed by atoms with E-state index in [1.807, 2.05) is 7.05 Å². The van der Waals surface area contributed by atoms with E-state index >= 15 is 0 Å². The van der Waals surface area contributed by atoms with E-state index in [1.165, 1.54) is 32.2 Å². The van der Waals surface area contributed by atoms with Crippen LogP contribution in [0, 0.1) is 5.41 Å². The zero-order valence-electron chi connectivity index (χ0n) is 9.32. The van der Waals surface area contributed by atoms with Crippen LogP contribution in [0.2, 0.25) is 0 Å². The maximum absolute atomic E-state index is 3.56. The molecule has 0 radical (unpaired) electrons. The number of likely N-dealkylation sites (N-methyl/N-ethyl adjacent to an activating group) is 1. The highest BCUT2D eigenvalue weighted by atomic mass is 15.0. The molecule has 0 aliphatic heterocycles. The average molecular weight is 184 g/mol. The van der Waals surface area contributed by atoms with Crippen molar-refractivity contribution in [2.24, 2.45) is 5.41 Å². The normalized spacial score (nSPS) is 21.5. The van der Waals surface area contributed by atoms with Gasteiger partial charge in [0.2, 0.25) is 0 Å². The van der Waals surface area contributed by atoms with Gasteiger partial charge in [-0.25, -0.2) is 0 Å². The molecule has 0 spiro atoms. The SMILES string of the molecule is CCCC1(CNCC(C)NC)CC1. The molecule has 0 bridgehead atoms. The van der Waals surface area contributed by atoms with Crippen molar-refractivity contribution in [3.05, 3.63) is 0 Å². The number of hydrogen-bond acceptors (Lipinski definition) is 2. The summed E-state index contributed by atoms with van der Waals surface area (Å²) >= 11 is 0. The molecule has 1 aliphatic rings. The molecule has 2 nitrogen and oxygen atoms in total. The fraction of sp³-hybridized carbons (Fsp3) is 1.00. The van der Waals surface area contributed by atoms with E-state index < -0.39 is 0 Å². The Hall–Kier alpha value is -0.0800. The smallest absolute Gasteiger partial charge is 0.0161 e. The molecule has 0 aromatic rings. The van der Waals surface area contributed by atoms with Crippen LogP contribution in [0.3, 0.4) is 0 Å². The van der Waals surface area contributed by atoms with E-state index in [9.17, 15) is 0 Å². The molecule has 2 N–H and O–H groups in total. The summed E-state index contributed by atoms with van der Waals surface area (Å²) in [5.74, 6) is 0. The third-order valence-corrected chi connectivity index (χ3v) is 3.18. The average Bonchev–Trinajstić information content (AvgIpc) is 2.86. The van der Waals surface area contributed by atoms with Crippen molar-refractivity contribution in [1.82, 2.24) is 10.6 Å². The molecule has 1 atom stereocenters. The third-order valence-electron chi connectivity index (χ3n) is 3.18. The topological polar surface area (TPSA) is 24.1 Å². The van der Waals surface area contributed by atoms with Crippen molar-refractivity contribution in [2.75, 3.05) is 20.1 Å². The minimum absolute atomic E-state index is 0.595. The highest BCUT2D eigenvalue weighted by Crippen LogP contribution is 2.48. The zero-order valence-corrected chi connectivity index (χ0v) is 9.32. The Morgan fingerprint density at radius 3 is 2.54 bits per heavy atom. The Bertz CT molecular complexity index is 141. The van der Waals surface area contributed by atoms with Gasteiger partial charge in [0.25, 0.3) is 0 Å². The molecule has 0 aromatic heterocycles. The Labute approximate surface area is 82.5 Å². The van der Waals surface area contributed by atoms with Crippen molar-refractivity contribution < 1.29 is 0 Å². The van der Waals surface area contributed by atoms with Gasteiger partial charge in [-0.05, 0) is 38.6 Å². The molecule has 1 unspecified atom stereocenters. The fourth-order valence-corrected chi connectivity index (χ4v) is 1.88. The predicted octanol–water partition coefficient (Wildman–Crippen LogP) is 1.76. The summed E-state index contributed by atoms with van der Waals surface area (Å²) in [5.41, 5.74) is 0.697. The van der Waals surface area contributed by atoms with Gasteiger partial charge in [-0.2, -0.15) is 0 Å². The van der Waals surface area contributed by atoms with E-state index in [0.29, 0.717) is 11.5 Å². The lowest BCUT2D eigenvalue weighted by atomic mass is 10.0. The van der Waals surface area contributed by atoms with Gasteiger partial charge >= 0.3 is 0 Å². The minimum Gasteiger partial charge on any atom is -0.316 e. The first-order valence-corrected chi connectivity index (χ1v) is 5.60. The molecule has 2 heteroatoms. The van der Waals surface area contributed by atoms with E-state index in [-0.39, 0.29) is 0 Å². The highest BCUT2D eigenvalue weighted by molar-refractivity contribution is 4.94. The highest BCUT2D eigenvalue weighted by Gasteiger charge is 2.40. The van der Waals surface area contributed by atoms with Gasteiger partial charge in [-0.3, -0.25) is 0 Å². The van der Waals surface area contributed by atoms with Gasteiger partial charge in [0, 0.05) is 19.1 Å². The first-order chi connectivity index (χ1) is 6.22. The van der Waals surface area contributed by atoms with Crippen molar-refractivity contribution >= 4 is 0 Å². The Kier molecular flexibility index (Phi) is 4.20. The standard InChI is InChI=1S/C11H24N2/c1-4-5-11(6-7-11)9-13-8-10(2)12-3/h10,12-13H,4-9H2,1-3H3. The van der Waals surface area contributed by atoms with Gasteiger partial charge in [-0.15, -0.1) is 0 Å². The zero-order chi connectivity index (χ0) is 9.73. The first-order valence-electron chi connectivity index (χ1n) is 5.60. The first kappa shape index (κ1) is 11.0. The van der Waals surface area contributed by atoms with E-state index in [2.05, 4.69) is 24.5 Å². The number of nitrogens with one attached hydrogen (secondary N) is 2.